The normalized spacial score (nSPS) is 12.2. The van der Waals surface area contributed by atoms with Gasteiger partial charge in [0.25, 0.3) is 0 Å². The Morgan fingerprint density at radius 1 is 1.53 bits per heavy atom. The van der Waals surface area contributed by atoms with Gasteiger partial charge in [0.15, 0.2) is 0 Å². The zero-order valence-corrected chi connectivity index (χ0v) is 10.6. The first-order valence-electron chi connectivity index (χ1n) is 5.93. The fourth-order valence-electron chi connectivity index (χ4n) is 1.71. The van der Waals surface area contributed by atoms with Gasteiger partial charge < -0.3 is 10.6 Å². The van der Waals surface area contributed by atoms with E-state index in [0.717, 1.165) is 24.9 Å². The summed E-state index contributed by atoms with van der Waals surface area (Å²) in [6.07, 6.45) is 3.81. The van der Waals surface area contributed by atoms with Crippen molar-refractivity contribution in [1.82, 2.24) is 0 Å². The predicted molar refractivity (Wildman–Crippen MR) is 71.7 cm³/mol. The van der Waals surface area contributed by atoms with Gasteiger partial charge in [0, 0.05) is 19.6 Å². The maximum atomic E-state index is 13.9. The van der Waals surface area contributed by atoms with Crippen molar-refractivity contribution in [3.05, 3.63) is 42.2 Å². The Balaban J connectivity index is 2.73. The molecule has 0 amide bonds. The van der Waals surface area contributed by atoms with Gasteiger partial charge in [-0.3, -0.25) is 0 Å². The third-order valence-corrected chi connectivity index (χ3v) is 2.81. The van der Waals surface area contributed by atoms with Gasteiger partial charge in [-0.2, -0.15) is 0 Å². The zero-order valence-electron chi connectivity index (χ0n) is 10.6. The van der Waals surface area contributed by atoms with Gasteiger partial charge in [0.05, 0.1) is 5.69 Å². The van der Waals surface area contributed by atoms with Crippen LogP contribution in [0.1, 0.15) is 31.4 Å². The lowest BCUT2D eigenvalue weighted by Gasteiger charge is -2.20. The SMILES string of the molecule is C=CCCCN(C)c1ccc([C@H](C)N)cc1F. The molecule has 94 valence electrons. The molecule has 1 aromatic carbocycles. The summed E-state index contributed by atoms with van der Waals surface area (Å²) in [5.74, 6) is -0.207. The van der Waals surface area contributed by atoms with Crippen molar-refractivity contribution in [2.75, 3.05) is 18.5 Å². The molecule has 0 unspecified atom stereocenters. The van der Waals surface area contributed by atoms with Crippen molar-refractivity contribution in [2.45, 2.75) is 25.8 Å². The molecule has 0 aromatic heterocycles. The molecule has 0 saturated heterocycles. The molecule has 0 aliphatic carbocycles. The third-order valence-electron chi connectivity index (χ3n) is 2.81. The molecule has 1 aromatic rings. The molecule has 0 heterocycles. The van der Waals surface area contributed by atoms with Crippen molar-refractivity contribution in [1.29, 1.82) is 0 Å². The molecule has 3 heteroatoms. The van der Waals surface area contributed by atoms with Gasteiger partial charge in [-0.1, -0.05) is 12.1 Å². The molecule has 0 radical (unpaired) electrons. The monoisotopic (exact) mass is 236 g/mol. The Hall–Kier alpha value is -1.35. The van der Waals surface area contributed by atoms with Gasteiger partial charge in [-0.25, -0.2) is 4.39 Å². The van der Waals surface area contributed by atoms with Crippen molar-refractivity contribution >= 4 is 5.69 Å². The Morgan fingerprint density at radius 3 is 2.76 bits per heavy atom. The number of unbranched alkanes of at least 4 members (excludes halogenated alkanes) is 1. The van der Waals surface area contributed by atoms with Crippen LogP contribution in [0.3, 0.4) is 0 Å². The molecule has 2 N–H and O–H groups in total. The molecule has 0 saturated carbocycles. The Bertz CT molecular complexity index is 374. The second-order valence-electron chi connectivity index (χ2n) is 4.35. The van der Waals surface area contributed by atoms with E-state index in [4.69, 9.17) is 5.73 Å². The Morgan fingerprint density at radius 2 is 2.24 bits per heavy atom. The van der Waals surface area contributed by atoms with Crippen molar-refractivity contribution in [2.24, 2.45) is 5.73 Å². The molecule has 0 spiro atoms. The van der Waals surface area contributed by atoms with Gasteiger partial charge in [-0.15, -0.1) is 6.58 Å². The number of anilines is 1. The molecule has 1 rings (SSSR count). The number of halogens is 1. The summed E-state index contributed by atoms with van der Waals surface area (Å²) in [5, 5.41) is 0. The number of nitrogens with two attached hydrogens (primary N) is 1. The second kappa shape index (κ2) is 6.40. The number of hydrogen-bond acceptors (Lipinski definition) is 2. The lowest BCUT2D eigenvalue weighted by Crippen LogP contribution is -2.20. The number of allylic oxidation sites excluding steroid dienone is 1. The van der Waals surface area contributed by atoms with Crippen molar-refractivity contribution < 1.29 is 4.39 Å². The lowest BCUT2D eigenvalue weighted by molar-refractivity contribution is 0.615. The molecular weight excluding hydrogens is 215 g/mol. The van der Waals surface area contributed by atoms with Gasteiger partial charge in [0.1, 0.15) is 5.82 Å². The van der Waals surface area contributed by atoms with Crippen LogP contribution < -0.4 is 10.6 Å². The minimum Gasteiger partial charge on any atom is -0.372 e. The Labute approximate surface area is 103 Å². The van der Waals surface area contributed by atoms with Crippen LogP contribution >= 0.6 is 0 Å². The summed E-state index contributed by atoms with van der Waals surface area (Å²) in [6, 6.07) is 5.06. The van der Waals surface area contributed by atoms with E-state index in [9.17, 15) is 4.39 Å². The molecule has 0 bridgehead atoms. The van der Waals surface area contributed by atoms with Gasteiger partial charge in [0.2, 0.25) is 0 Å². The fraction of sp³-hybridized carbons (Fsp3) is 0.429. The first-order chi connectivity index (χ1) is 8.06. The smallest absolute Gasteiger partial charge is 0.146 e. The highest BCUT2D eigenvalue weighted by molar-refractivity contribution is 5.48. The van der Waals surface area contributed by atoms with Gasteiger partial charge >= 0.3 is 0 Å². The maximum absolute atomic E-state index is 13.9. The van der Waals surface area contributed by atoms with E-state index in [-0.39, 0.29) is 11.9 Å². The van der Waals surface area contributed by atoms with Crippen LogP contribution in [-0.2, 0) is 0 Å². The highest BCUT2D eigenvalue weighted by Gasteiger charge is 2.09. The number of rotatable bonds is 6. The number of nitrogens with zero attached hydrogens (tertiary/aromatic N) is 1. The summed E-state index contributed by atoms with van der Waals surface area (Å²) < 4.78 is 13.9. The average Bonchev–Trinajstić information content (AvgIpc) is 2.28. The van der Waals surface area contributed by atoms with Crippen molar-refractivity contribution in [3.8, 4) is 0 Å². The minimum atomic E-state index is -0.207. The number of benzene rings is 1. The number of hydrogen-bond donors (Lipinski definition) is 1. The lowest BCUT2D eigenvalue weighted by atomic mass is 10.1. The first-order valence-corrected chi connectivity index (χ1v) is 5.93. The highest BCUT2D eigenvalue weighted by atomic mass is 19.1. The Kier molecular flexibility index (Phi) is 5.16. The van der Waals surface area contributed by atoms with Crippen molar-refractivity contribution in [3.63, 3.8) is 0 Å². The van der Waals surface area contributed by atoms with E-state index in [1.165, 1.54) is 6.07 Å². The standard InChI is InChI=1S/C14H21FN2/c1-4-5-6-9-17(3)14-8-7-12(11(2)16)10-13(14)15/h4,7-8,10-11H,1,5-6,9,16H2,2-3H3/t11-/m0/s1. The largest absolute Gasteiger partial charge is 0.372 e. The van der Waals surface area contributed by atoms with E-state index in [0.29, 0.717) is 5.69 Å². The first kappa shape index (κ1) is 13.7. The van der Waals surface area contributed by atoms with E-state index in [1.807, 2.05) is 31.0 Å². The zero-order chi connectivity index (χ0) is 12.8. The molecule has 1 atom stereocenters. The quantitative estimate of drug-likeness (QED) is 0.607. The van der Waals surface area contributed by atoms with Crippen LogP contribution in [-0.4, -0.2) is 13.6 Å². The van der Waals surface area contributed by atoms with E-state index < -0.39 is 0 Å². The summed E-state index contributed by atoms with van der Waals surface area (Å²) in [7, 11) is 1.90. The molecule has 0 fully saturated rings. The molecule has 17 heavy (non-hydrogen) atoms. The summed E-state index contributed by atoms with van der Waals surface area (Å²) in [5.41, 5.74) is 7.16. The fourth-order valence-corrected chi connectivity index (χ4v) is 1.71. The van der Waals surface area contributed by atoms with Gasteiger partial charge in [-0.05, 0) is 37.5 Å². The molecular formula is C14H21FN2. The van der Waals surface area contributed by atoms with Crippen LogP contribution in [0, 0.1) is 5.82 Å². The predicted octanol–water partition coefficient (Wildman–Crippen LogP) is 3.25. The topological polar surface area (TPSA) is 29.3 Å². The molecule has 0 aliphatic heterocycles. The minimum absolute atomic E-state index is 0.135. The second-order valence-corrected chi connectivity index (χ2v) is 4.35. The average molecular weight is 236 g/mol. The third kappa shape index (κ3) is 3.86. The summed E-state index contributed by atoms with van der Waals surface area (Å²) >= 11 is 0. The van der Waals surface area contributed by atoms with E-state index in [1.54, 1.807) is 6.07 Å². The maximum Gasteiger partial charge on any atom is 0.146 e. The van der Waals surface area contributed by atoms with Crippen LogP contribution in [0.15, 0.2) is 30.9 Å². The van der Waals surface area contributed by atoms with Crippen LogP contribution in [0.2, 0.25) is 0 Å². The summed E-state index contributed by atoms with van der Waals surface area (Å²) in [6.45, 7) is 6.34. The molecule has 0 aliphatic rings. The van der Waals surface area contributed by atoms with Crippen LogP contribution in [0.25, 0.3) is 0 Å². The summed E-state index contributed by atoms with van der Waals surface area (Å²) in [4.78, 5) is 1.92. The van der Waals surface area contributed by atoms with E-state index >= 15 is 0 Å². The highest BCUT2D eigenvalue weighted by Crippen LogP contribution is 2.22. The van der Waals surface area contributed by atoms with Crippen LogP contribution in [0.5, 0.6) is 0 Å². The van der Waals surface area contributed by atoms with Crippen LogP contribution in [0.4, 0.5) is 10.1 Å². The molecule has 2 nitrogen and oxygen atoms in total. The van der Waals surface area contributed by atoms with E-state index in [2.05, 4.69) is 6.58 Å².